The van der Waals surface area contributed by atoms with Gasteiger partial charge in [-0.3, -0.25) is 0 Å². The third kappa shape index (κ3) is 3.33. The molecule has 0 bridgehead atoms. The summed E-state index contributed by atoms with van der Waals surface area (Å²) < 4.78 is 38.4. The Morgan fingerprint density at radius 2 is 1.89 bits per heavy atom. The molecule has 19 heavy (non-hydrogen) atoms. The second-order valence-corrected chi connectivity index (χ2v) is 6.98. The van der Waals surface area contributed by atoms with Crippen LogP contribution in [0.25, 0.3) is 0 Å². The molecular formula is C13H11BrFNO2S. The molecule has 0 radical (unpaired) electrons. The number of hydrogen-bond acceptors (Lipinski definition) is 3. The van der Waals surface area contributed by atoms with E-state index in [1.54, 1.807) is 24.3 Å². The van der Waals surface area contributed by atoms with E-state index in [1.807, 2.05) is 0 Å². The van der Waals surface area contributed by atoms with Gasteiger partial charge in [0.25, 0.3) is 0 Å². The highest BCUT2D eigenvalue weighted by Crippen LogP contribution is 2.21. The number of nitrogen functional groups attached to an aromatic ring is 1. The van der Waals surface area contributed by atoms with Gasteiger partial charge in [0.1, 0.15) is 5.82 Å². The zero-order valence-electron chi connectivity index (χ0n) is 9.81. The molecule has 0 amide bonds. The minimum absolute atomic E-state index is 0.0681. The van der Waals surface area contributed by atoms with Gasteiger partial charge < -0.3 is 5.73 Å². The van der Waals surface area contributed by atoms with Crippen LogP contribution in [-0.4, -0.2) is 8.42 Å². The quantitative estimate of drug-likeness (QED) is 0.871. The average Bonchev–Trinajstić information content (AvgIpc) is 2.32. The number of benzene rings is 2. The molecule has 0 heterocycles. The molecule has 0 fully saturated rings. The molecule has 100 valence electrons. The molecule has 2 N–H and O–H groups in total. The molecule has 0 unspecified atom stereocenters. The molecule has 0 aliphatic carbocycles. The molecule has 0 spiro atoms. The molecule has 0 saturated carbocycles. The summed E-state index contributed by atoms with van der Waals surface area (Å²) in [6, 6.07) is 10.5. The highest BCUT2D eigenvalue weighted by atomic mass is 79.9. The first-order valence-corrected chi connectivity index (χ1v) is 7.85. The highest BCUT2D eigenvalue weighted by Gasteiger charge is 2.17. The first kappa shape index (κ1) is 14.0. The zero-order chi connectivity index (χ0) is 14.0. The van der Waals surface area contributed by atoms with E-state index in [4.69, 9.17) is 5.73 Å². The maximum absolute atomic E-state index is 13.3. The van der Waals surface area contributed by atoms with Gasteiger partial charge in [-0.25, -0.2) is 12.8 Å². The van der Waals surface area contributed by atoms with Crippen LogP contribution >= 0.6 is 15.9 Å². The number of nitrogens with two attached hydrogens (primary N) is 1. The zero-order valence-corrected chi connectivity index (χ0v) is 12.2. The Labute approximate surface area is 119 Å². The summed E-state index contributed by atoms with van der Waals surface area (Å²) >= 11 is 3.28. The molecule has 3 nitrogen and oxygen atoms in total. The molecule has 0 atom stereocenters. The van der Waals surface area contributed by atoms with E-state index in [0.717, 1.165) is 10.5 Å². The van der Waals surface area contributed by atoms with E-state index in [-0.39, 0.29) is 16.3 Å². The van der Waals surface area contributed by atoms with Gasteiger partial charge in [0, 0.05) is 4.47 Å². The van der Waals surface area contributed by atoms with Crippen LogP contribution in [-0.2, 0) is 15.6 Å². The Morgan fingerprint density at radius 1 is 1.16 bits per heavy atom. The van der Waals surface area contributed by atoms with Crippen molar-refractivity contribution in [2.45, 2.75) is 10.6 Å². The Morgan fingerprint density at radius 3 is 2.53 bits per heavy atom. The average molecular weight is 344 g/mol. The Bertz CT molecular complexity index is 716. The number of rotatable bonds is 3. The number of hydrogen-bond donors (Lipinski definition) is 1. The van der Waals surface area contributed by atoms with Crippen molar-refractivity contribution >= 4 is 31.5 Å². The van der Waals surface area contributed by atoms with Crippen LogP contribution in [0.3, 0.4) is 0 Å². The highest BCUT2D eigenvalue weighted by molar-refractivity contribution is 9.10. The minimum Gasteiger partial charge on any atom is -0.396 e. The lowest BCUT2D eigenvalue weighted by molar-refractivity contribution is 0.591. The number of anilines is 1. The van der Waals surface area contributed by atoms with Crippen LogP contribution in [0.2, 0.25) is 0 Å². The first-order valence-electron chi connectivity index (χ1n) is 5.41. The summed E-state index contributed by atoms with van der Waals surface area (Å²) in [5.41, 5.74) is 5.89. The van der Waals surface area contributed by atoms with Crippen LogP contribution in [0.4, 0.5) is 10.1 Å². The molecule has 0 aliphatic heterocycles. The molecule has 6 heteroatoms. The van der Waals surface area contributed by atoms with Crippen LogP contribution in [0.1, 0.15) is 5.56 Å². The van der Waals surface area contributed by atoms with Gasteiger partial charge in [0.2, 0.25) is 0 Å². The van der Waals surface area contributed by atoms with E-state index in [9.17, 15) is 12.8 Å². The van der Waals surface area contributed by atoms with Crippen molar-refractivity contribution in [1.82, 2.24) is 0 Å². The van der Waals surface area contributed by atoms with E-state index >= 15 is 0 Å². The van der Waals surface area contributed by atoms with Gasteiger partial charge in [0.15, 0.2) is 9.84 Å². The van der Waals surface area contributed by atoms with Crippen LogP contribution in [0.5, 0.6) is 0 Å². The fourth-order valence-corrected chi connectivity index (χ4v) is 3.42. The third-order valence-corrected chi connectivity index (χ3v) is 4.76. The predicted molar refractivity (Wildman–Crippen MR) is 75.8 cm³/mol. The molecule has 0 saturated heterocycles. The Hall–Kier alpha value is -1.40. The van der Waals surface area contributed by atoms with Gasteiger partial charge in [-0.15, -0.1) is 0 Å². The monoisotopic (exact) mass is 343 g/mol. The molecule has 2 rings (SSSR count). The van der Waals surface area contributed by atoms with Crippen molar-refractivity contribution in [3.63, 3.8) is 0 Å². The SMILES string of the molecule is Nc1ccc(S(=O)(=O)Cc2cccc(Br)c2)cc1F. The van der Waals surface area contributed by atoms with E-state index < -0.39 is 15.7 Å². The maximum atomic E-state index is 13.3. The second kappa shape index (κ2) is 5.30. The Kier molecular flexibility index (Phi) is 3.91. The normalized spacial score (nSPS) is 11.5. The van der Waals surface area contributed by atoms with Crippen molar-refractivity contribution in [3.05, 3.63) is 58.3 Å². The van der Waals surface area contributed by atoms with Gasteiger partial charge >= 0.3 is 0 Å². The molecule has 0 aliphatic rings. The van der Waals surface area contributed by atoms with E-state index in [0.29, 0.717) is 5.56 Å². The fourth-order valence-electron chi connectivity index (χ4n) is 1.63. The summed E-state index contributed by atoms with van der Waals surface area (Å²) in [6.07, 6.45) is 0. The third-order valence-electron chi connectivity index (χ3n) is 2.58. The van der Waals surface area contributed by atoms with Crippen LogP contribution in [0, 0.1) is 5.82 Å². The van der Waals surface area contributed by atoms with Gasteiger partial charge in [-0.05, 0) is 35.9 Å². The standard InChI is InChI=1S/C13H11BrFNO2S/c14-10-3-1-2-9(6-10)8-19(17,18)11-4-5-13(16)12(15)7-11/h1-7H,8,16H2. The van der Waals surface area contributed by atoms with Crippen molar-refractivity contribution < 1.29 is 12.8 Å². The smallest absolute Gasteiger partial charge is 0.182 e. The van der Waals surface area contributed by atoms with Crippen LogP contribution in [0.15, 0.2) is 51.8 Å². The van der Waals surface area contributed by atoms with Crippen molar-refractivity contribution in [1.29, 1.82) is 0 Å². The van der Waals surface area contributed by atoms with Crippen molar-refractivity contribution in [2.75, 3.05) is 5.73 Å². The Balaban J connectivity index is 2.35. The molecule has 0 aromatic heterocycles. The van der Waals surface area contributed by atoms with Crippen LogP contribution < -0.4 is 5.73 Å². The second-order valence-electron chi connectivity index (χ2n) is 4.07. The summed E-state index contributed by atoms with van der Waals surface area (Å²) in [4.78, 5) is -0.0702. The molecule has 2 aromatic rings. The van der Waals surface area contributed by atoms with Gasteiger partial charge in [-0.1, -0.05) is 28.1 Å². The number of sulfone groups is 1. The topological polar surface area (TPSA) is 60.2 Å². The number of halogens is 2. The first-order chi connectivity index (χ1) is 8.88. The summed E-state index contributed by atoms with van der Waals surface area (Å²) in [5, 5.41) is 0. The fraction of sp³-hybridized carbons (Fsp3) is 0.0769. The lowest BCUT2D eigenvalue weighted by Gasteiger charge is -2.06. The van der Waals surface area contributed by atoms with Crippen molar-refractivity contribution in [2.24, 2.45) is 0 Å². The lowest BCUT2D eigenvalue weighted by atomic mass is 10.2. The van der Waals surface area contributed by atoms with Crippen molar-refractivity contribution in [3.8, 4) is 0 Å². The summed E-state index contributed by atoms with van der Waals surface area (Å²) in [7, 11) is -3.59. The van der Waals surface area contributed by atoms with E-state index in [1.165, 1.54) is 12.1 Å². The lowest BCUT2D eigenvalue weighted by Crippen LogP contribution is -2.06. The summed E-state index contributed by atoms with van der Waals surface area (Å²) in [5.74, 6) is -0.911. The maximum Gasteiger partial charge on any atom is 0.182 e. The van der Waals surface area contributed by atoms with E-state index in [2.05, 4.69) is 15.9 Å². The molecule has 2 aromatic carbocycles. The molecular weight excluding hydrogens is 333 g/mol. The van der Waals surface area contributed by atoms with Gasteiger partial charge in [0.05, 0.1) is 16.3 Å². The predicted octanol–water partition coefficient (Wildman–Crippen LogP) is 3.14. The minimum atomic E-state index is -3.59. The van der Waals surface area contributed by atoms with Gasteiger partial charge in [-0.2, -0.15) is 0 Å². The summed E-state index contributed by atoms with van der Waals surface area (Å²) in [6.45, 7) is 0. The largest absolute Gasteiger partial charge is 0.396 e.